The van der Waals surface area contributed by atoms with Gasteiger partial charge in [0, 0.05) is 6.04 Å². The molecule has 0 aliphatic heterocycles. The number of carbonyl (C=O) groups excluding carboxylic acids is 1. The molecule has 0 saturated heterocycles. The lowest BCUT2D eigenvalue weighted by atomic mass is 9.95. The molecule has 0 radical (unpaired) electrons. The smallest absolute Gasteiger partial charge is 0.324 e. The summed E-state index contributed by atoms with van der Waals surface area (Å²) >= 11 is 0. The SMILES string of the molecule is O=C(O)C[C@H](NCCCNC1CCCCC1)C(=O)OC1CCCCC1. The van der Waals surface area contributed by atoms with Gasteiger partial charge in [0.1, 0.15) is 12.1 Å². The van der Waals surface area contributed by atoms with Gasteiger partial charge in [0.05, 0.1) is 6.42 Å². The average molecular weight is 354 g/mol. The van der Waals surface area contributed by atoms with E-state index in [9.17, 15) is 9.59 Å². The van der Waals surface area contributed by atoms with Crippen LogP contribution in [0.3, 0.4) is 0 Å². The van der Waals surface area contributed by atoms with E-state index in [1.807, 2.05) is 0 Å². The van der Waals surface area contributed by atoms with E-state index < -0.39 is 18.0 Å². The Hall–Kier alpha value is -1.14. The second-order valence-electron chi connectivity index (χ2n) is 7.44. The minimum atomic E-state index is -0.974. The van der Waals surface area contributed by atoms with Crippen LogP contribution in [0.5, 0.6) is 0 Å². The molecule has 0 spiro atoms. The highest BCUT2D eigenvalue weighted by Gasteiger charge is 2.26. The highest BCUT2D eigenvalue weighted by atomic mass is 16.5. The summed E-state index contributed by atoms with van der Waals surface area (Å²) in [5.41, 5.74) is 0. The maximum absolute atomic E-state index is 12.3. The third-order valence-corrected chi connectivity index (χ3v) is 5.28. The van der Waals surface area contributed by atoms with Gasteiger partial charge in [-0.1, -0.05) is 25.7 Å². The molecule has 6 nitrogen and oxygen atoms in total. The highest BCUT2D eigenvalue weighted by Crippen LogP contribution is 2.21. The van der Waals surface area contributed by atoms with Crippen LogP contribution in [0.4, 0.5) is 0 Å². The number of carboxylic acids is 1. The van der Waals surface area contributed by atoms with Crippen molar-refractivity contribution < 1.29 is 19.4 Å². The van der Waals surface area contributed by atoms with Crippen molar-refractivity contribution in [2.24, 2.45) is 0 Å². The van der Waals surface area contributed by atoms with Crippen LogP contribution in [0.15, 0.2) is 0 Å². The number of aliphatic carboxylic acids is 1. The molecule has 6 heteroatoms. The van der Waals surface area contributed by atoms with E-state index in [0.29, 0.717) is 12.6 Å². The summed E-state index contributed by atoms with van der Waals surface area (Å²) in [6.45, 7) is 1.52. The van der Waals surface area contributed by atoms with Gasteiger partial charge >= 0.3 is 11.9 Å². The molecule has 3 N–H and O–H groups in total. The van der Waals surface area contributed by atoms with Crippen molar-refractivity contribution in [1.82, 2.24) is 10.6 Å². The summed E-state index contributed by atoms with van der Waals surface area (Å²) < 4.78 is 5.53. The monoisotopic (exact) mass is 354 g/mol. The Bertz CT molecular complexity index is 404. The zero-order valence-electron chi connectivity index (χ0n) is 15.3. The average Bonchev–Trinajstić information content (AvgIpc) is 2.62. The van der Waals surface area contributed by atoms with E-state index in [0.717, 1.165) is 38.6 Å². The first-order chi connectivity index (χ1) is 12.1. The molecule has 2 fully saturated rings. The van der Waals surface area contributed by atoms with Gasteiger partial charge < -0.3 is 20.5 Å². The molecular weight excluding hydrogens is 320 g/mol. The van der Waals surface area contributed by atoms with Crippen molar-refractivity contribution in [3.63, 3.8) is 0 Å². The Balaban J connectivity index is 1.65. The molecular formula is C19H34N2O4. The van der Waals surface area contributed by atoms with E-state index in [1.165, 1.54) is 38.5 Å². The minimum Gasteiger partial charge on any atom is -0.481 e. The lowest BCUT2D eigenvalue weighted by molar-refractivity contribution is -0.156. The molecule has 2 aliphatic carbocycles. The minimum absolute atomic E-state index is 0.0349. The summed E-state index contributed by atoms with van der Waals surface area (Å²) in [7, 11) is 0. The lowest BCUT2D eigenvalue weighted by Crippen LogP contribution is -2.42. The largest absolute Gasteiger partial charge is 0.481 e. The molecule has 1 atom stereocenters. The van der Waals surface area contributed by atoms with Gasteiger partial charge in [0.2, 0.25) is 0 Å². The number of esters is 1. The first kappa shape index (κ1) is 20.2. The second kappa shape index (κ2) is 11.5. The highest BCUT2D eigenvalue weighted by molar-refractivity contribution is 5.82. The van der Waals surface area contributed by atoms with Crippen LogP contribution in [-0.4, -0.2) is 48.3 Å². The molecule has 2 aliphatic rings. The van der Waals surface area contributed by atoms with Crippen molar-refractivity contribution in [2.75, 3.05) is 13.1 Å². The number of ether oxygens (including phenoxy) is 1. The fourth-order valence-corrected chi connectivity index (χ4v) is 3.82. The maximum atomic E-state index is 12.3. The van der Waals surface area contributed by atoms with Crippen LogP contribution in [0.25, 0.3) is 0 Å². The molecule has 0 amide bonds. The van der Waals surface area contributed by atoms with E-state index in [1.54, 1.807) is 0 Å². The number of hydrogen-bond acceptors (Lipinski definition) is 5. The molecule has 2 rings (SSSR count). The van der Waals surface area contributed by atoms with Gasteiger partial charge in [-0.3, -0.25) is 9.59 Å². The molecule has 0 heterocycles. The summed E-state index contributed by atoms with van der Waals surface area (Å²) in [6, 6.07) is -0.117. The summed E-state index contributed by atoms with van der Waals surface area (Å²) in [5, 5.41) is 15.7. The van der Waals surface area contributed by atoms with Gasteiger partial charge in [-0.25, -0.2) is 0 Å². The van der Waals surface area contributed by atoms with Crippen LogP contribution in [0, 0.1) is 0 Å². The molecule has 0 aromatic rings. The molecule has 144 valence electrons. The summed E-state index contributed by atoms with van der Waals surface area (Å²) in [6.07, 6.45) is 12.3. The van der Waals surface area contributed by atoms with Crippen LogP contribution >= 0.6 is 0 Å². The predicted octanol–water partition coefficient (Wildman–Crippen LogP) is 2.61. The van der Waals surface area contributed by atoms with E-state index in [-0.39, 0.29) is 12.5 Å². The van der Waals surface area contributed by atoms with E-state index in [4.69, 9.17) is 9.84 Å². The molecule has 25 heavy (non-hydrogen) atoms. The topological polar surface area (TPSA) is 87.7 Å². The Labute approximate surface area is 151 Å². The number of rotatable bonds is 10. The normalized spacial score (nSPS) is 21.0. The van der Waals surface area contributed by atoms with Crippen LogP contribution < -0.4 is 10.6 Å². The second-order valence-corrected chi connectivity index (χ2v) is 7.44. The third kappa shape index (κ3) is 8.19. The third-order valence-electron chi connectivity index (χ3n) is 5.28. The number of hydrogen-bond donors (Lipinski definition) is 3. The number of carbonyl (C=O) groups is 2. The van der Waals surface area contributed by atoms with Crippen molar-refractivity contribution in [2.45, 2.75) is 95.2 Å². The first-order valence-electron chi connectivity index (χ1n) is 10.0. The quantitative estimate of drug-likeness (QED) is 0.413. The Morgan fingerprint density at radius 2 is 1.60 bits per heavy atom. The van der Waals surface area contributed by atoms with E-state index >= 15 is 0 Å². The number of nitrogens with one attached hydrogen (secondary N) is 2. The first-order valence-corrected chi connectivity index (χ1v) is 10.0. The predicted molar refractivity (Wildman–Crippen MR) is 96.5 cm³/mol. The van der Waals surface area contributed by atoms with Crippen molar-refractivity contribution in [3.05, 3.63) is 0 Å². The molecule has 0 aromatic heterocycles. The molecule has 0 bridgehead atoms. The van der Waals surface area contributed by atoms with Crippen LogP contribution in [-0.2, 0) is 14.3 Å². The van der Waals surface area contributed by atoms with Gasteiger partial charge in [0.25, 0.3) is 0 Å². The molecule has 0 aromatic carbocycles. The van der Waals surface area contributed by atoms with E-state index in [2.05, 4.69) is 10.6 Å². The Morgan fingerprint density at radius 1 is 0.960 bits per heavy atom. The standard InChI is InChI=1S/C19H34N2O4/c22-18(23)14-17(19(24)25-16-10-5-2-6-11-16)21-13-7-12-20-15-8-3-1-4-9-15/h15-17,20-21H,1-14H2,(H,22,23)/t17-/m0/s1. The van der Waals surface area contributed by atoms with Crippen LogP contribution in [0.2, 0.25) is 0 Å². The number of carboxylic acid groups (broad SMARTS) is 1. The van der Waals surface area contributed by atoms with Gasteiger partial charge in [-0.15, -0.1) is 0 Å². The summed E-state index contributed by atoms with van der Waals surface area (Å²) in [5.74, 6) is -1.38. The Morgan fingerprint density at radius 3 is 2.24 bits per heavy atom. The van der Waals surface area contributed by atoms with Gasteiger partial charge in [-0.2, -0.15) is 0 Å². The van der Waals surface area contributed by atoms with Crippen molar-refractivity contribution >= 4 is 11.9 Å². The maximum Gasteiger partial charge on any atom is 0.324 e. The summed E-state index contributed by atoms with van der Waals surface area (Å²) in [4.78, 5) is 23.3. The fraction of sp³-hybridized carbons (Fsp3) is 0.895. The fourth-order valence-electron chi connectivity index (χ4n) is 3.82. The molecule has 0 unspecified atom stereocenters. The Kier molecular flexibility index (Phi) is 9.26. The lowest BCUT2D eigenvalue weighted by Gasteiger charge is -2.25. The van der Waals surface area contributed by atoms with Gasteiger partial charge in [-0.05, 0) is 58.0 Å². The van der Waals surface area contributed by atoms with Crippen molar-refractivity contribution in [1.29, 1.82) is 0 Å². The van der Waals surface area contributed by atoms with Gasteiger partial charge in [0.15, 0.2) is 0 Å². The van der Waals surface area contributed by atoms with Crippen LogP contribution in [0.1, 0.15) is 77.0 Å². The molecule has 2 saturated carbocycles. The zero-order chi connectivity index (χ0) is 17.9. The zero-order valence-corrected chi connectivity index (χ0v) is 15.3. The van der Waals surface area contributed by atoms with Crippen molar-refractivity contribution in [3.8, 4) is 0 Å².